The lowest BCUT2D eigenvalue weighted by Gasteiger charge is -2.34. The number of hydrogen-bond acceptors (Lipinski definition) is 3. The van der Waals surface area contributed by atoms with Gasteiger partial charge in [0.05, 0.1) is 17.9 Å². The van der Waals surface area contributed by atoms with Crippen molar-refractivity contribution in [2.45, 2.75) is 25.3 Å². The Hall–Kier alpha value is -2.08. The highest BCUT2D eigenvalue weighted by Crippen LogP contribution is 2.39. The van der Waals surface area contributed by atoms with E-state index < -0.39 is 17.8 Å². The number of rotatable bonds is 3. The first-order valence-corrected chi connectivity index (χ1v) is 8.79. The Kier molecular flexibility index (Phi) is 4.99. The molecular weight excluding hydrogens is 344 g/mol. The van der Waals surface area contributed by atoms with Gasteiger partial charge in [0.15, 0.2) is 0 Å². The Labute approximate surface area is 151 Å². The second-order valence-corrected chi connectivity index (χ2v) is 7.21. The molecule has 0 saturated carbocycles. The number of hydrogen-bond donors (Lipinski definition) is 1. The highest BCUT2D eigenvalue weighted by Gasteiger charge is 2.45. The molecule has 1 aromatic rings. The number of halogens is 1. The van der Waals surface area contributed by atoms with E-state index in [9.17, 15) is 19.5 Å². The molecule has 3 atom stereocenters. The molecule has 2 aliphatic heterocycles. The minimum atomic E-state index is -0.872. The second kappa shape index (κ2) is 7.04. The molecule has 6 nitrogen and oxygen atoms in total. The molecule has 134 valence electrons. The second-order valence-electron chi connectivity index (χ2n) is 6.78. The molecule has 1 aromatic carbocycles. The quantitative estimate of drug-likeness (QED) is 0.891. The first-order chi connectivity index (χ1) is 11.9. The SMILES string of the molecule is CN1C(=O)C[C@H](C(=O)N2CCC[C@@H](C(=O)O)C2)[C@@H]1c1cccc(Cl)c1. The number of amides is 2. The molecule has 7 heteroatoms. The first-order valence-electron chi connectivity index (χ1n) is 8.41. The van der Waals surface area contributed by atoms with E-state index in [-0.39, 0.29) is 30.8 Å². The zero-order valence-electron chi connectivity index (χ0n) is 14.0. The summed E-state index contributed by atoms with van der Waals surface area (Å²) < 4.78 is 0. The van der Waals surface area contributed by atoms with Crippen molar-refractivity contribution in [1.29, 1.82) is 0 Å². The molecule has 2 aliphatic rings. The average Bonchev–Trinajstić information content (AvgIpc) is 2.89. The van der Waals surface area contributed by atoms with Gasteiger partial charge in [-0.3, -0.25) is 14.4 Å². The topological polar surface area (TPSA) is 77.9 Å². The minimum Gasteiger partial charge on any atom is -0.481 e. The summed E-state index contributed by atoms with van der Waals surface area (Å²) in [6, 6.07) is 6.82. The smallest absolute Gasteiger partial charge is 0.308 e. The van der Waals surface area contributed by atoms with Crippen molar-refractivity contribution in [2.75, 3.05) is 20.1 Å². The number of aliphatic carboxylic acids is 1. The van der Waals surface area contributed by atoms with Gasteiger partial charge in [0.25, 0.3) is 0 Å². The summed E-state index contributed by atoms with van der Waals surface area (Å²) in [4.78, 5) is 39.7. The molecule has 0 spiro atoms. The normalized spacial score (nSPS) is 26.8. The van der Waals surface area contributed by atoms with Gasteiger partial charge in [0.2, 0.25) is 11.8 Å². The largest absolute Gasteiger partial charge is 0.481 e. The molecule has 0 radical (unpaired) electrons. The summed E-state index contributed by atoms with van der Waals surface area (Å²) in [6.45, 7) is 0.754. The van der Waals surface area contributed by atoms with Crippen molar-refractivity contribution in [2.24, 2.45) is 11.8 Å². The van der Waals surface area contributed by atoms with Crippen LogP contribution in [0.3, 0.4) is 0 Å². The van der Waals surface area contributed by atoms with Gasteiger partial charge in [0, 0.05) is 31.6 Å². The standard InChI is InChI=1S/C18H21ClN2O4/c1-20-15(22)9-14(16(20)11-4-2-6-13(19)8-11)17(23)21-7-3-5-12(10-21)18(24)25/h2,4,6,8,12,14,16H,3,5,7,9-10H2,1H3,(H,24,25)/t12-,14+,16+/m1/s1. The third kappa shape index (κ3) is 3.49. The predicted molar refractivity (Wildman–Crippen MR) is 92.0 cm³/mol. The number of piperidine rings is 1. The molecule has 1 N–H and O–H groups in total. The molecule has 0 aliphatic carbocycles. The number of carboxylic acids is 1. The van der Waals surface area contributed by atoms with Crippen LogP contribution >= 0.6 is 11.6 Å². The third-order valence-corrected chi connectivity index (χ3v) is 5.41. The van der Waals surface area contributed by atoms with E-state index in [0.29, 0.717) is 24.4 Å². The van der Waals surface area contributed by atoms with E-state index in [2.05, 4.69) is 0 Å². The van der Waals surface area contributed by atoms with Crippen molar-refractivity contribution in [3.63, 3.8) is 0 Å². The van der Waals surface area contributed by atoms with Crippen molar-refractivity contribution >= 4 is 29.4 Å². The molecule has 2 saturated heterocycles. The van der Waals surface area contributed by atoms with Gasteiger partial charge in [-0.2, -0.15) is 0 Å². The maximum absolute atomic E-state index is 13.0. The zero-order chi connectivity index (χ0) is 18.1. The van der Waals surface area contributed by atoms with Gasteiger partial charge in [-0.25, -0.2) is 0 Å². The molecule has 2 fully saturated rings. The van der Waals surface area contributed by atoms with Crippen LogP contribution in [0.4, 0.5) is 0 Å². The number of likely N-dealkylation sites (tertiary alicyclic amines) is 2. The lowest BCUT2D eigenvalue weighted by atomic mass is 9.90. The van der Waals surface area contributed by atoms with E-state index in [1.165, 1.54) is 0 Å². The van der Waals surface area contributed by atoms with E-state index >= 15 is 0 Å². The molecule has 2 heterocycles. The van der Waals surface area contributed by atoms with Crippen LogP contribution in [-0.2, 0) is 14.4 Å². The van der Waals surface area contributed by atoms with Gasteiger partial charge in [-0.15, -0.1) is 0 Å². The number of nitrogens with zero attached hydrogens (tertiary/aromatic N) is 2. The van der Waals surface area contributed by atoms with Gasteiger partial charge >= 0.3 is 5.97 Å². The van der Waals surface area contributed by atoms with Crippen LogP contribution in [0.2, 0.25) is 5.02 Å². The fourth-order valence-electron chi connectivity index (χ4n) is 3.85. The molecule has 2 amide bonds. The van der Waals surface area contributed by atoms with Gasteiger partial charge in [-0.05, 0) is 30.5 Å². The maximum atomic E-state index is 13.0. The molecule has 0 bridgehead atoms. The third-order valence-electron chi connectivity index (χ3n) is 5.18. The van der Waals surface area contributed by atoms with Crippen LogP contribution in [0.25, 0.3) is 0 Å². The monoisotopic (exact) mass is 364 g/mol. The van der Waals surface area contributed by atoms with Crippen molar-refractivity contribution < 1.29 is 19.5 Å². The summed E-state index contributed by atoms with van der Waals surface area (Å²) in [6.07, 6.45) is 1.39. The van der Waals surface area contributed by atoms with Crippen LogP contribution in [0.15, 0.2) is 24.3 Å². The summed E-state index contributed by atoms with van der Waals surface area (Å²) in [5.74, 6) is -2.15. The molecule has 0 aromatic heterocycles. The van der Waals surface area contributed by atoms with E-state index in [1.54, 1.807) is 35.0 Å². The Bertz CT molecular complexity index is 708. The van der Waals surface area contributed by atoms with Crippen LogP contribution < -0.4 is 0 Å². The van der Waals surface area contributed by atoms with Crippen LogP contribution in [0, 0.1) is 11.8 Å². The molecule has 25 heavy (non-hydrogen) atoms. The highest BCUT2D eigenvalue weighted by molar-refractivity contribution is 6.30. The number of carbonyl (C=O) groups excluding carboxylic acids is 2. The van der Waals surface area contributed by atoms with E-state index in [4.69, 9.17) is 11.6 Å². The van der Waals surface area contributed by atoms with Crippen LogP contribution in [0.5, 0.6) is 0 Å². The predicted octanol–water partition coefficient (Wildman–Crippen LogP) is 2.18. The van der Waals surface area contributed by atoms with Gasteiger partial charge < -0.3 is 14.9 Å². The van der Waals surface area contributed by atoms with Crippen molar-refractivity contribution in [3.8, 4) is 0 Å². The molecular formula is C18H21ClN2O4. The number of carboxylic acid groups (broad SMARTS) is 1. The summed E-state index contributed by atoms with van der Waals surface area (Å²) >= 11 is 6.07. The highest BCUT2D eigenvalue weighted by atomic mass is 35.5. The molecule has 0 unspecified atom stereocenters. The van der Waals surface area contributed by atoms with E-state index in [0.717, 1.165) is 5.56 Å². The average molecular weight is 365 g/mol. The first kappa shape index (κ1) is 17.7. The Morgan fingerprint density at radius 1 is 1.32 bits per heavy atom. The van der Waals surface area contributed by atoms with E-state index in [1.807, 2.05) is 6.07 Å². The number of carbonyl (C=O) groups is 3. The fraction of sp³-hybridized carbons (Fsp3) is 0.500. The fourth-order valence-corrected chi connectivity index (χ4v) is 4.05. The Balaban J connectivity index is 1.85. The Morgan fingerprint density at radius 3 is 2.76 bits per heavy atom. The minimum absolute atomic E-state index is 0.0879. The molecule has 3 rings (SSSR count). The summed E-state index contributed by atoms with van der Waals surface area (Å²) in [5.41, 5.74) is 0.825. The maximum Gasteiger partial charge on any atom is 0.308 e. The van der Waals surface area contributed by atoms with Crippen LogP contribution in [-0.4, -0.2) is 52.8 Å². The summed E-state index contributed by atoms with van der Waals surface area (Å²) in [7, 11) is 1.69. The summed E-state index contributed by atoms with van der Waals surface area (Å²) in [5, 5.41) is 9.79. The lowest BCUT2D eigenvalue weighted by Crippen LogP contribution is -2.45. The zero-order valence-corrected chi connectivity index (χ0v) is 14.8. The Morgan fingerprint density at radius 2 is 2.08 bits per heavy atom. The van der Waals surface area contributed by atoms with Gasteiger partial charge in [0.1, 0.15) is 0 Å². The van der Waals surface area contributed by atoms with Crippen molar-refractivity contribution in [3.05, 3.63) is 34.9 Å². The van der Waals surface area contributed by atoms with Gasteiger partial charge in [-0.1, -0.05) is 23.7 Å². The lowest BCUT2D eigenvalue weighted by molar-refractivity contribution is -0.147. The van der Waals surface area contributed by atoms with Crippen LogP contribution in [0.1, 0.15) is 30.9 Å². The van der Waals surface area contributed by atoms with Crippen molar-refractivity contribution in [1.82, 2.24) is 9.80 Å². The number of benzene rings is 1.